The van der Waals surface area contributed by atoms with Crippen LogP contribution in [0.15, 0.2) is 28.8 Å². The maximum absolute atomic E-state index is 9.77. The molecule has 0 atom stereocenters. The molecular weight excluding hydrogens is 254 g/mol. The van der Waals surface area contributed by atoms with Gasteiger partial charge in [-0.3, -0.25) is 4.90 Å². The summed E-state index contributed by atoms with van der Waals surface area (Å²) in [6.45, 7) is 6.63. The number of aromatic nitrogens is 2. The molecule has 0 amide bonds. The molecule has 0 spiro atoms. The summed E-state index contributed by atoms with van der Waals surface area (Å²) in [5.74, 6) is 1.15. The zero-order chi connectivity index (χ0) is 14.8. The second kappa shape index (κ2) is 5.73. The smallest absolute Gasteiger partial charge is 0.241 e. The van der Waals surface area contributed by atoms with Gasteiger partial charge in [0.25, 0.3) is 0 Å². The van der Waals surface area contributed by atoms with Crippen molar-refractivity contribution in [1.82, 2.24) is 15.0 Å². The third-order valence-corrected chi connectivity index (χ3v) is 2.81. The summed E-state index contributed by atoms with van der Waals surface area (Å²) >= 11 is 0. The highest BCUT2D eigenvalue weighted by Gasteiger charge is 2.18. The van der Waals surface area contributed by atoms with Gasteiger partial charge < -0.3 is 9.63 Å². The Bertz CT molecular complexity index is 572. The Balaban J connectivity index is 2.06. The maximum atomic E-state index is 9.77. The molecular formula is C15H21N3O2. The van der Waals surface area contributed by atoms with Crippen molar-refractivity contribution in [3.8, 4) is 11.4 Å². The quantitative estimate of drug-likeness (QED) is 0.906. The molecule has 0 unspecified atom stereocenters. The van der Waals surface area contributed by atoms with Crippen LogP contribution in [0.4, 0.5) is 0 Å². The van der Waals surface area contributed by atoms with Crippen LogP contribution >= 0.6 is 0 Å². The summed E-state index contributed by atoms with van der Waals surface area (Å²) in [4.78, 5) is 6.34. The number of aliphatic hydroxyl groups is 1. The van der Waals surface area contributed by atoms with Crippen molar-refractivity contribution < 1.29 is 9.63 Å². The van der Waals surface area contributed by atoms with Gasteiger partial charge >= 0.3 is 0 Å². The third kappa shape index (κ3) is 4.15. The van der Waals surface area contributed by atoms with Gasteiger partial charge in [-0.05, 0) is 33.9 Å². The van der Waals surface area contributed by atoms with Gasteiger partial charge in [-0.1, -0.05) is 28.9 Å². The highest BCUT2D eigenvalue weighted by Crippen LogP contribution is 2.17. The minimum absolute atomic E-state index is 0.517. The Kier molecular flexibility index (Phi) is 4.20. The molecule has 0 saturated carbocycles. The summed E-state index contributed by atoms with van der Waals surface area (Å²) in [7, 11) is 1.91. The Morgan fingerprint density at radius 2 is 2.10 bits per heavy atom. The lowest BCUT2D eigenvalue weighted by Gasteiger charge is -2.23. The monoisotopic (exact) mass is 275 g/mol. The van der Waals surface area contributed by atoms with Gasteiger partial charge in [0.15, 0.2) is 0 Å². The molecule has 0 radical (unpaired) electrons. The predicted octanol–water partition coefficient (Wildman–Crippen LogP) is 2.25. The van der Waals surface area contributed by atoms with Crippen LogP contribution in [-0.4, -0.2) is 39.3 Å². The average Bonchev–Trinajstić information content (AvgIpc) is 2.74. The highest BCUT2D eigenvalue weighted by atomic mass is 16.5. The Hall–Kier alpha value is -1.72. The van der Waals surface area contributed by atoms with E-state index in [-0.39, 0.29) is 0 Å². The number of hydrogen-bond donors (Lipinski definition) is 1. The van der Waals surface area contributed by atoms with Gasteiger partial charge in [-0.2, -0.15) is 4.98 Å². The van der Waals surface area contributed by atoms with Crippen molar-refractivity contribution >= 4 is 0 Å². The number of nitrogens with zero attached hydrogens (tertiary/aromatic N) is 3. The maximum Gasteiger partial charge on any atom is 0.241 e. The van der Waals surface area contributed by atoms with E-state index in [0.717, 1.165) is 11.1 Å². The van der Waals surface area contributed by atoms with E-state index in [2.05, 4.69) is 10.1 Å². The number of rotatable bonds is 5. The molecule has 20 heavy (non-hydrogen) atoms. The third-order valence-electron chi connectivity index (χ3n) is 2.81. The molecule has 2 rings (SSSR count). The molecule has 1 N–H and O–H groups in total. The van der Waals surface area contributed by atoms with Crippen molar-refractivity contribution in [2.45, 2.75) is 32.9 Å². The van der Waals surface area contributed by atoms with E-state index >= 15 is 0 Å². The van der Waals surface area contributed by atoms with Crippen LogP contribution in [0.5, 0.6) is 0 Å². The van der Waals surface area contributed by atoms with Gasteiger partial charge in [-0.25, -0.2) is 0 Å². The van der Waals surface area contributed by atoms with Crippen molar-refractivity contribution in [2.24, 2.45) is 0 Å². The fourth-order valence-electron chi connectivity index (χ4n) is 2.17. The fraction of sp³-hybridized carbons (Fsp3) is 0.467. The van der Waals surface area contributed by atoms with E-state index in [1.807, 2.05) is 43.1 Å². The van der Waals surface area contributed by atoms with Crippen LogP contribution in [0.2, 0.25) is 0 Å². The zero-order valence-corrected chi connectivity index (χ0v) is 12.4. The van der Waals surface area contributed by atoms with Crippen molar-refractivity contribution in [3.63, 3.8) is 0 Å². The van der Waals surface area contributed by atoms with Crippen LogP contribution in [0.3, 0.4) is 0 Å². The second-order valence-corrected chi connectivity index (χ2v) is 5.87. The summed E-state index contributed by atoms with van der Waals surface area (Å²) in [5, 5.41) is 13.8. The molecule has 5 nitrogen and oxygen atoms in total. The Labute approximate surface area is 119 Å². The summed E-state index contributed by atoms with van der Waals surface area (Å²) < 4.78 is 5.26. The molecule has 5 heteroatoms. The van der Waals surface area contributed by atoms with E-state index in [0.29, 0.717) is 24.8 Å². The van der Waals surface area contributed by atoms with Crippen LogP contribution in [0, 0.1) is 6.92 Å². The minimum Gasteiger partial charge on any atom is -0.389 e. The van der Waals surface area contributed by atoms with Crippen LogP contribution in [-0.2, 0) is 6.54 Å². The fourth-order valence-corrected chi connectivity index (χ4v) is 2.17. The first kappa shape index (κ1) is 14.7. The Morgan fingerprint density at radius 1 is 1.35 bits per heavy atom. The molecule has 0 aliphatic heterocycles. The highest BCUT2D eigenvalue weighted by molar-refractivity contribution is 5.55. The van der Waals surface area contributed by atoms with Gasteiger partial charge in [0.1, 0.15) is 0 Å². The molecule has 1 aromatic heterocycles. The average molecular weight is 275 g/mol. The number of aryl methyl sites for hydroxylation is 1. The lowest BCUT2D eigenvalue weighted by molar-refractivity contribution is 0.0397. The van der Waals surface area contributed by atoms with Crippen LogP contribution in [0.25, 0.3) is 11.4 Å². The predicted molar refractivity (Wildman–Crippen MR) is 77.1 cm³/mol. The number of hydrogen-bond acceptors (Lipinski definition) is 5. The van der Waals surface area contributed by atoms with E-state index in [1.54, 1.807) is 13.8 Å². The van der Waals surface area contributed by atoms with Crippen molar-refractivity contribution in [1.29, 1.82) is 0 Å². The van der Waals surface area contributed by atoms with E-state index < -0.39 is 5.60 Å². The van der Waals surface area contributed by atoms with Crippen LogP contribution in [0.1, 0.15) is 25.3 Å². The SMILES string of the molecule is Cc1cccc(-c2noc(CN(C)CC(C)(C)O)n2)c1. The number of likely N-dealkylation sites (N-methyl/N-ethyl adjacent to an activating group) is 1. The molecule has 0 bridgehead atoms. The lowest BCUT2D eigenvalue weighted by atomic mass is 10.1. The van der Waals surface area contributed by atoms with E-state index in [4.69, 9.17) is 4.52 Å². The Morgan fingerprint density at radius 3 is 2.75 bits per heavy atom. The topological polar surface area (TPSA) is 62.4 Å². The molecule has 0 aliphatic carbocycles. The zero-order valence-electron chi connectivity index (χ0n) is 12.4. The first-order chi connectivity index (χ1) is 9.33. The van der Waals surface area contributed by atoms with Gasteiger partial charge in [0, 0.05) is 12.1 Å². The molecule has 108 valence electrons. The summed E-state index contributed by atoms with van der Waals surface area (Å²) in [6, 6.07) is 7.99. The molecule has 0 saturated heterocycles. The first-order valence-electron chi connectivity index (χ1n) is 6.64. The molecule has 0 fully saturated rings. The standard InChI is InChI=1S/C15H21N3O2/c1-11-6-5-7-12(8-11)14-16-13(20-17-14)9-18(4)10-15(2,3)19/h5-8,19H,9-10H2,1-4H3. The number of benzene rings is 1. The molecule has 0 aliphatic rings. The van der Waals surface area contributed by atoms with Gasteiger partial charge in [-0.15, -0.1) is 0 Å². The first-order valence-corrected chi connectivity index (χ1v) is 6.64. The van der Waals surface area contributed by atoms with Gasteiger partial charge in [0.2, 0.25) is 11.7 Å². The van der Waals surface area contributed by atoms with E-state index in [1.165, 1.54) is 0 Å². The second-order valence-electron chi connectivity index (χ2n) is 5.87. The van der Waals surface area contributed by atoms with E-state index in [9.17, 15) is 5.11 Å². The molecule has 1 heterocycles. The minimum atomic E-state index is -0.742. The summed E-state index contributed by atoms with van der Waals surface area (Å²) in [6.07, 6.45) is 0. The van der Waals surface area contributed by atoms with Crippen LogP contribution < -0.4 is 0 Å². The molecule has 2 aromatic rings. The molecule has 1 aromatic carbocycles. The van der Waals surface area contributed by atoms with Crippen molar-refractivity contribution in [3.05, 3.63) is 35.7 Å². The normalized spacial score (nSPS) is 12.1. The lowest BCUT2D eigenvalue weighted by Crippen LogP contribution is -2.35. The van der Waals surface area contributed by atoms with Gasteiger partial charge in [0.05, 0.1) is 12.1 Å². The largest absolute Gasteiger partial charge is 0.389 e. The van der Waals surface area contributed by atoms with Crippen molar-refractivity contribution in [2.75, 3.05) is 13.6 Å². The summed E-state index contributed by atoms with van der Waals surface area (Å²) in [5.41, 5.74) is 1.37.